The summed E-state index contributed by atoms with van der Waals surface area (Å²) in [6.45, 7) is 0. The lowest BCUT2D eigenvalue weighted by atomic mass is 10.2. The Labute approximate surface area is 399 Å². The molecule has 0 radical (unpaired) electrons. The van der Waals surface area contributed by atoms with E-state index in [0.29, 0.717) is 0 Å². The minimum Gasteiger partial charge on any atom is -0.309 e. The first-order valence-electron chi connectivity index (χ1n) is 23.2. The van der Waals surface area contributed by atoms with Gasteiger partial charge in [0.15, 0.2) is 14.3 Å². The Bertz CT molecular complexity index is 4020. The largest absolute Gasteiger partial charge is 0.309 e. The highest BCUT2D eigenvalue weighted by Gasteiger charge is 2.32. The number of fused-ring (bicyclic) bond motifs is 8. The molecule has 0 aliphatic heterocycles. The van der Waals surface area contributed by atoms with Gasteiger partial charge < -0.3 is 22.8 Å². The summed E-state index contributed by atoms with van der Waals surface area (Å²) in [6.07, 6.45) is 0. The van der Waals surface area contributed by atoms with Gasteiger partial charge in [0, 0.05) is 70.4 Å². The van der Waals surface area contributed by atoms with Crippen molar-refractivity contribution in [2.75, 3.05) is 0 Å². The Balaban J connectivity index is 1.06. The zero-order valence-electron chi connectivity index (χ0n) is 37.4. The zero-order chi connectivity index (χ0) is 46.1. The average Bonchev–Trinajstić information content (AvgIpc) is 4.07. The van der Waals surface area contributed by atoms with Crippen molar-refractivity contribution in [3.05, 3.63) is 261 Å². The monoisotopic (exact) mass is 923 g/mol. The van der Waals surface area contributed by atoms with Gasteiger partial charge in [-0.3, -0.25) is 0 Å². The molecular weight excluding hydrogens is 881 g/mol. The second-order valence-corrected chi connectivity index (χ2v) is 23.1. The van der Waals surface area contributed by atoms with Gasteiger partial charge in [-0.2, -0.15) is 0 Å². The van der Waals surface area contributed by atoms with Crippen LogP contribution in [0, 0.1) is 0 Å². The third kappa shape index (κ3) is 6.32. The second-order valence-electron chi connectivity index (χ2n) is 17.5. The normalized spacial score (nSPS) is 12.2. The molecule has 0 atom stereocenters. The lowest BCUT2D eigenvalue weighted by Gasteiger charge is -2.20. The summed E-state index contributed by atoms with van der Waals surface area (Å²) in [4.78, 5) is 0. The molecule has 3 aromatic heterocycles. The Hall–Kier alpha value is -8.20. The fourth-order valence-corrected chi connectivity index (χ4v) is 16.0. The van der Waals surface area contributed by atoms with Crippen LogP contribution in [0.15, 0.2) is 261 Å². The summed E-state index contributed by atoms with van der Waals surface area (Å²) in [5.41, 5.74) is 9.46. The highest BCUT2D eigenvalue weighted by molar-refractivity contribution is 7.85. The Kier molecular flexibility index (Phi) is 9.66. The summed E-state index contributed by atoms with van der Waals surface area (Å²) >= 11 is 0. The molecule has 0 N–H and O–H groups in total. The van der Waals surface area contributed by atoms with Crippen LogP contribution >= 0.6 is 14.3 Å². The van der Waals surface area contributed by atoms with E-state index in [-0.39, 0.29) is 0 Å². The fourth-order valence-electron chi connectivity index (χ4n) is 10.7. The van der Waals surface area contributed by atoms with Crippen molar-refractivity contribution in [1.82, 2.24) is 13.7 Å². The number of hydrogen-bond acceptors (Lipinski definition) is 2. The first-order chi connectivity index (χ1) is 34.0. The van der Waals surface area contributed by atoms with Gasteiger partial charge in [0.05, 0.1) is 33.1 Å². The lowest BCUT2D eigenvalue weighted by molar-refractivity contribution is 0.591. The van der Waals surface area contributed by atoms with Gasteiger partial charge in [0.25, 0.3) is 0 Å². The van der Waals surface area contributed by atoms with Crippen molar-refractivity contribution >= 4 is 101 Å². The molecule has 0 bridgehead atoms. The van der Waals surface area contributed by atoms with Gasteiger partial charge in [-0.1, -0.05) is 176 Å². The molecule has 5 nitrogen and oxygen atoms in total. The van der Waals surface area contributed by atoms with E-state index < -0.39 is 14.3 Å². The fraction of sp³-hybridized carbons (Fsp3) is 0. The Morgan fingerprint density at radius 2 is 0.522 bits per heavy atom. The van der Waals surface area contributed by atoms with Crippen molar-refractivity contribution in [2.24, 2.45) is 0 Å². The van der Waals surface area contributed by atoms with E-state index in [9.17, 15) is 0 Å². The summed E-state index contributed by atoms with van der Waals surface area (Å²) in [5, 5.41) is 9.33. The van der Waals surface area contributed by atoms with E-state index in [2.05, 4.69) is 141 Å². The van der Waals surface area contributed by atoms with E-state index in [1.165, 1.54) is 10.8 Å². The van der Waals surface area contributed by atoms with E-state index in [0.717, 1.165) is 92.8 Å². The summed E-state index contributed by atoms with van der Waals surface area (Å²) in [5.74, 6) is 0. The van der Waals surface area contributed by atoms with E-state index >= 15 is 9.13 Å². The van der Waals surface area contributed by atoms with Crippen molar-refractivity contribution < 1.29 is 9.13 Å². The van der Waals surface area contributed by atoms with Crippen LogP contribution < -0.4 is 31.8 Å². The first kappa shape index (κ1) is 41.0. The molecule has 13 rings (SSSR count). The number of aromatic nitrogens is 3. The van der Waals surface area contributed by atoms with Crippen molar-refractivity contribution in [3.8, 4) is 17.1 Å². The Morgan fingerprint density at radius 1 is 0.232 bits per heavy atom. The molecule has 7 heteroatoms. The van der Waals surface area contributed by atoms with E-state index in [1.807, 2.05) is 133 Å². The molecule has 328 valence electrons. The maximum Gasteiger partial charge on any atom is 0.171 e. The van der Waals surface area contributed by atoms with Crippen LogP contribution in [0.5, 0.6) is 0 Å². The molecule has 0 spiro atoms. The average molecular weight is 924 g/mol. The van der Waals surface area contributed by atoms with E-state index in [4.69, 9.17) is 0 Å². The lowest BCUT2D eigenvalue weighted by Crippen LogP contribution is -2.25. The quantitative estimate of drug-likeness (QED) is 0.135. The minimum absolute atomic E-state index is 0.771. The van der Waals surface area contributed by atoms with Crippen LogP contribution in [-0.2, 0) is 9.13 Å². The van der Waals surface area contributed by atoms with Crippen LogP contribution in [0.1, 0.15) is 0 Å². The molecule has 0 unspecified atom stereocenters. The number of benzene rings is 10. The van der Waals surface area contributed by atoms with Gasteiger partial charge in [0.1, 0.15) is 0 Å². The third-order valence-corrected chi connectivity index (χ3v) is 20.0. The smallest absolute Gasteiger partial charge is 0.171 e. The Morgan fingerprint density at radius 3 is 0.928 bits per heavy atom. The summed E-state index contributed by atoms with van der Waals surface area (Å²) in [6, 6.07) is 88.7. The SMILES string of the molecule is O=P(c1ccccc1)(c1ccccc1)c1ccc(-n2c3ccccc3c3c2c2ccc(-n4c5ccccc5c5ccccc54)cc2n3-c2ccc(P(=O)(c3ccccc3)c3ccccc3)cc2)cc1. The second kappa shape index (κ2) is 16.2. The summed E-state index contributed by atoms with van der Waals surface area (Å²) in [7, 11) is -6.43. The molecular formula is C62H43N3O2P2. The molecule has 0 aliphatic carbocycles. The topological polar surface area (TPSA) is 48.9 Å². The third-order valence-electron chi connectivity index (χ3n) is 13.8. The van der Waals surface area contributed by atoms with Crippen LogP contribution in [0.4, 0.5) is 0 Å². The molecule has 13 aromatic rings. The molecule has 0 saturated carbocycles. The molecule has 69 heavy (non-hydrogen) atoms. The van der Waals surface area contributed by atoms with Gasteiger partial charge in [-0.05, 0) is 84.9 Å². The molecule has 3 heterocycles. The highest BCUT2D eigenvalue weighted by Crippen LogP contribution is 2.46. The van der Waals surface area contributed by atoms with Gasteiger partial charge >= 0.3 is 0 Å². The molecule has 10 aromatic carbocycles. The van der Waals surface area contributed by atoms with Crippen LogP contribution in [0.3, 0.4) is 0 Å². The summed E-state index contributed by atoms with van der Waals surface area (Å²) < 4.78 is 38.2. The van der Waals surface area contributed by atoms with Crippen LogP contribution in [0.2, 0.25) is 0 Å². The van der Waals surface area contributed by atoms with Crippen LogP contribution in [0.25, 0.3) is 71.7 Å². The highest BCUT2D eigenvalue weighted by atomic mass is 31.2. The van der Waals surface area contributed by atoms with Crippen molar-refractivity contribution in [1.29, 1.82) is 0 Å². The number of para-hydroxylation sites is 3. The molecule has 0 saturated heterocycles. The first-order valence-corrected chi connectivity index (χ1v) is 26.6. The standard InChI is InChI=1S/C62H43N3O2P2/c66-68(47-19-5-1-6-20-47,48-21-7-2-8-22-48)51-38-33-44(34-39-51)64-59-32-18-15-29-55(59)61-62(64)56-42-37-46(63-57-30-16-13-27-53(57)54-28-14-17-31-58(54)63)43-60(56)65(61)45-35-40-52(41-36-45)69(67,49-23-9-3-10-24-49)50-25-11-4-12-26-50/h1-43H. The van der Waals surface area contributed by atoms with Crippen molar-refractivity contribution in [3.63, 3.8) is 0 Å². The van der Waals surface area contributed by atoms with Gasteiger partial charge in [-0.15, -0.1) is 0 Å². The van der Waals surface area contributed by atoms with E-state index in [1.54, 1.807) is 0 Å². The number of nitrogens with zero attached hydrogens (tertiary/aromatic N) is 3. The predicted molar refractivity (Wildman–Crippen MR) is 291 cm³/mol. The van der Waals surface area contributed by atoms with Crippen molar-refractivity contribution in [2.45, 2.75) is 0 Å². The van der Waals surface area contributed by atoms with Crippen LogP contribution in [-0.4, -0.2) is 13.7 Å². The molecule has 0 fully saturated rings. The number of hydrogen-bond donors (Lipinski definition) is 0. The minimum atomic E-state index is -3.22. The maximum absolute atomic E-state index is 15.6. The van der Waals surface area contributed by atoms with Gasteiger partial charge in [0.2, 0.25) is 0 Å². The molecule has 0 aliphatic rings. The predicted octanol–water partition coefficient (Wildman–Crippen LogP) is 13.1. The van der Waals surface area contributed by atoms with Gasteiger partial charge in [-0.25, -0.2) is 0 Å². The zero-order valence-corrected chi connectivity index (χ0v) is 39.2. The maximum atomic E-state index is 15.6. The number of rotatable bonds is 9. The molecule has 0 amide bonds.